The van der Waals surface area contributed by atoms with E-state index in [1.165, 1.54) is 4.57 Å². The zero-order chi connectivity index (χ0) is 24.8. The fourth-order valence-electron chi connectivity index (χ4n) is 4.07. The topological polar surface area (TPSA) is 93.1 Å². The van der Waals surface area contributed by atoms with Crippen molar-refractivity contribution in [3.05, 3.63) is 106 Å². The van der Waals surface area contributed by atoms with Gasteiger partial charge in [0.2, 0.25) is 11.8 Å². The zero-order valence-electron chi connectivity index (χ0n) is 19.9. The number of anilines is 1. The molecular weight excluding hydrogens is 440 g/mol. The highest BCUT2D eigenvalue weighted by atomic mass is 16.2. The molecule has 2 N–H and O–H groups in total. The number of nitrogens with zero attached hydrogens (tertiary/aromatic N) is 2. The molecule has 7 heteroatoms. The van der Waals surface area contributed by atoms with E-state index in [-0.39, 0.29) is 42.5 Å². The van der Waals surface area contributed by atoms with Crippen molar-refractivity contribution in [2.45, 2.75) is 39.8 Å². The largest absolute Gasteiger partial charge is 0.352 e. The second-order valence-corrected chi connectivity index (χ2v) is 8.63. The molecular formula is C28H28N4O3. The molecule has 2 amide bonds. The van der Waals surface area contributed by atoms with Crippen LogP contribution in [-0.4, -0.2) is 21.4 Å². The molecule has 0 bridgehead atoms. The van der Waals surface area contributed by atoms with Gasteiger partial charge in [0.05, 0.1) is 11.0 Å². The maximum Gasteiger partial charge on any atom is 0.273 e. The number of carbonyl (C=O) groups excluding carboxylic acids is 2. The van der Waals surface area contributed by atoms with Crippen molar-refractivity contribution >= 4 is 28.5 Å². The molecule has 0 saturated carbocycles. The monoisotopic (exact) mass is 468 g/mol. The van der Waals surface area contributed by atoms with E-state index in [1.807, 2.05) is 68.4 Å². The Kier molecular flexibility index (Phi) is 7.35. The van der Waals surface area contributed by atoms with Gasteiger partial charge in [0, 0.05) is 25.1 Å². The Balaban J connectivity index is 1.50. The summed E-state index contributed by atoms with van der Waals surface area (Å²) in [5, 5.41) is 5.75. The maximum absolute atomic E-state index is 13.3. The van der Waals surface area contributed by atoms with Gasteiger partial charge in [-0.25, -0.2) is 4.98 Å². The van der Waals surface area contributed by atoms with Crippen LogP contribution in [0.15, 0.2) is 77.6 Å². The first-order valence-electron chi connectivity index (χ1n) is 11.6. The number of nitrogens with one attached hydrogen (secondary N) is 2. The Morgan fingerprint density at radius 2 is 1.57 bits per heavy atom. The standard InChI is InChI=1S/C28H28N4O3/c1-19-14-20(2)16-22(15-19)30-27(34)18-32-25-11-7-6-10-23(25)31-24(28(32)35)12-13-26(33)29-17-21-8-4-3-5-9-21/h3-11,14-16H,12-13,17-18H2,1-2H3,(H,29,33)(H,30,34). The molecule has 0 aliphatic carbocycles. The van der Waals surface area contributed by atoms with Gasteiger partial charge >= 0.3 is 0 Å². The molecule has 0 aliphatic heterocycles. The summed E-state index contributed by atoms with van der Waals surface area (Å²) in [5.74, 6) is -0.470. The third kappa shape index (κ3) is 6.20. The predicted molar refractivity (Wildman–Crippen MR) is 137 cm³/mol. The van der Waals surface area contributed by atoms with Gasteiger partial charge in [0.25, 0.3) is 5.56 Å². The summed E-state index contributed by atoms with van der Waals surface area (Å²) in [6.45, 7) is 4.20. The predicted octanol–water partition coefficient (Wildman–Crippen LogP) is 3.90. The maximum atomic E-state index is 13.3. The van der Waals surface area contributed by atoms with E-state index >= 15 is 0 Å². The van der Waals surface area contributed by atoms with Gasteiger partial charge in [-0.2, -0.15) is 0 Å². The lowest BCUT2D eigenvalue weighted by Crippen LogP contribution is -2.32. The van der Waals surface area contributed by atoms with Crippen LogP contribution in [-0.2, 0) is 29.1 Å². The molecule has 178 valence electrons. The summed E-state index contributed by atoms with van der Waals surface area (Å²) in [7, 11) is 0. The molecule has 4 rings (SSSR count). The van der Waals surface area contributed by atoms with Gasteiger partial charge in [-0.1, -0.05) is 48.5 Å². The van der Waals surface area contributed by atoms with Gasteiger partial charge in [0.15, 0.2) is 0 Å². The normalized spacial score (nSPS) is 10.8. The number of amides is 2. The molecule has 35 heavy (non-hydrogen) atoms. The molecule has 1 aromatic heterocycles. The molecule has 0 unspecified atom stereocenters. The first-order chi connectivity index (χ1) is 16.9. The number of aromatic nitrogens is 2. The number of para-hydroxylation sites is 2. The van der Waals surface area contributed by atoms with Crippen molar-refractivity contribution < 1.29 is 9.59 Å². The van der Waals surface area contributed by atoms with E-state index < -0.39 is 0 Å². The smallest absolute Gasteiger partial charge is 0.273 e. The van der Waals surface area contributed by atoms with Gasteiger partial charge in [0.1, 0.15) is 12.2 Å². The van der Waals surface area contributed by atoms with Crippen LogP contribution in [0.4, 0.5) is 5.69 Å². The molecule has 4 aromatic rings. The number of rotatable bonds is 8. The first kappa shape index (κ1) is 23.9. The minimum atomic E-state index is -0.366. The minimum absolute atomic E-state index is 0.127. The Morgan fingerprint density at radius 1 is 0.886 bits per heavy atom. The molecule has 0 aliphatic rings. The van der Waals surface area contributed by atoms with Crippen molar-refractivity contribution in [1.29, 1.82) is 0 Å². The summed E-state index contributed by atoms with van der Waals surface area (Å²) in [4.78, 5) is 43.0. The van der Waals surface area contributed by atoms with E-state index in [0.29, 0.717) is 23.3 Å². The lowest BCUT2D eigenvalue weighted by Gasteiger charge is -2.13. The number of fused-ring (bicyclic) bond motifs is 1. The van der Waals surface area contributed by atoms with Crippen LogP contribution in [0.25, 0.3) is 11.0 Å². The van der Waals surface area contributed by atoms with Crippen molar-refractivity contribution in [3.8, 4) is 0 Å². The van der Waals surface area contributed by atoms with Crippen LogP contribution < -0.4 is 16.2 Å². The van der Waals surface area contributed by atoms with Crippen LogP contribution in [0.1, 0.15) is 28.8 Å². The van der Waals surface area contributed by atoms with Crippen LogP contribution in [0.3, 0.4) is 0 Å². The van der Waals surface area contributed by atoms with E-state index in [4.69, 9.17) is 0 Å². The first-order valence-corrected chi connectivity index (χ1v) is 11.6. The highest BCUT2D eigenvalue weighted by Gasteiger charge is 2.15. The van der Waals surface area contributed by atoms with Crippen molar-refractivity contribution in [3.63, 3.8) is 0 Å². The Morgan fingerprint density at radius 3 is 2.31 bits per heavy atom. The van der Waals surface area contributed by atoms with Crippen molar-refractivity contribution in [1.82, 2.24) is 14.9 Å². The Labute approximate surface area is 203 Å². The third-order valence-corrected chi connectivity index (χ3v) is 5.65. The Hall–Kier alpha value is -4.26. The SMILES string of the molecule is Cc1cc(C)cc(NC(=O)Cn2c(=O)c(CCC(=O)NCc3ccccc3)nc3ccccc32)c1. The van der Waals surface area contributed by atoms with Crippen LogP contribution in [0.5, 0.6) is 0 Å². The molecule has 0 radical (unpaired) electrons. The van der Waals surface area contributed by atoms with E-state index in [2.05, 4.69) is 15.6 Å². The fourth-order valence-corrected chi connectivity index (χ4v) is 4.07. The van der Waals surface area contributed by atoms with Crippen molar-refractivity contribution in [2.75, 3.05) is 5.32 Å². The Bertz CT molecular complexity index is 1410. The van der Waals surface area contributed by atoms with Crippen LogP contribution in [0, 0.1) is 13.8 Å². The second kappa shape index (κ2) is 10.8. The van der Waals surface area contributed by atoms with Crippen LogP contribution >= 0.6 is 0 Å². The van der Waals surface area contributed by atoms with E-state index in [9.17, 15) is 14.4 Å². The average Bonchev–Trinajstić information content (AvgIpc) is 2.83. The highest BCUT2D eigenvalue weighted by Crippen LogP contribution is 2.15. The number of aryl methyl sites for hydroxylation is 3. The van der Waals surface area contributed by atoms with Gasteiger partial charge in [-0.15, -0.1) is 0 Å². The van der Waals surface area contributed by atoms with Gasteiger partial charge in [-0.05, 0) is 54.8 Å². The summed E-state index contributed by atoms with van der Waals surface area (Å²) in [6.07, 6.45) is 0.311. The number of hydrogen-bond acceptors (Lipinski definition) is 4. The van der Waals surface area contributed by atoms with E-state index in [0.717, 1.165) is 16.7 Å². The molecule has 3 aromatic carbocycles. The summed E-state index contributed by atoms with van der Waals surface area (Å²) >= 11 is 0. The molecule has 0 atom stereocenters. The van der Waals surface area contributed by atoms with Gasteiger partial charge < -0.3 is 10.6 Å². The van der Waals surface area contributed by atoms with Gasteiger partial charge in [-0.3, -0.25) is 19.0 Å². The van der Waals surface area contributed by atoms with Crippen molar-refractivity contribution in [2.24, 2.45) is 0 Å². The molecule has 0 spiro atoms. The molecule has 0 saturated heterocycles. The summed E-state index contributed by atoms with van der Waals surface area (Å²) in [6, 6.07) is 22.6. The summed E-state index contributed by atoms with van der Waals surface area (Å²) in [5.41, 5.74) is 4.85. The number of carbonyl (C=O) groups is 2. The van der Waals surface area contributed by atoms with E-state index in [1.54, 1.807) is 18.2 Å². The summed E-state index contributed by atoms with van der Waals surface area (Å²) < 4.78 is 1.43. The molecule has 7 nitrogen and oxygen atoms in total. The lowest BCUT2D eigenvalue weighted by atomic mass is 10.1. The number of hydrogen-bond donors (Lipinski definition) is 2. The van der Waals surface area contributed by atoms with Crippen LogP contribution in [0.2, 0.25) is 0 Å². The zero-order valence-corrected chi connectivity index (χ0v) is 19.9. The fraction of sp³-hybridized carbons (Fsp3) is 0.214. The molecule has 0 fully saturated rings. The third-order valence-electron chi connectivity index (χ3n) is 5.65. The minimum Gasteiger partial charge on any atom is -0.352 e. The number of benzene rings is 3. The highest BCUT2D eigenvalue weighted by molar-refractivity contribution is 5.91. The molecule has 1 heterocycles. The lowest BCUT2D eigenvalue weighted by molar-refractivity contribution is -0.121. The average molecular weight is 469 g/mol. The second-order valence-electron chi connectivity index (χ2n) is 8.63. The quantitative estimate of drug-likeness (QED) is 0.410.